The Morgan fingerprint density at radius 2 is 2.07 bits per heavy atom. The van der Waals surface area contributed by atoms with Gasteiger partial charge in [-0.05, 0) is 78.3 Å². The number of ketones is 1. The third kappa shape index (κ3) is 3.44. The van der Waals surface area contributed by atoms with Gasteiger partial charge in [0.2, 0.25) is 0 Å². The van der Waals surface area contributed by atoms with Crippen molar-refractivity contribution in [3.63, 3.8) is 0 Å². The summed E-state index contributed by atoms with van der Waals surface area (Å²) in [5.41, 5.74) is 2.78. The van der Waals surface area contributed by atoms with Gasteiger partial charge in [-0.25, -0.2) is 0 Å². The van der Waals surface area contributed by atoms with Gasteiger partial charge < -0.3 is 6.53 Å². The Balaban J connectivity index is 0.00000140. The van der Waals surface area contributed by atoms with Crippen molar-refractivity contribution >= 4 is 11.8 Å². The summed E-state index contributed by atoms with van der Waals surface area (Å²) in [5.74, 6) is 1.57. The van der Waals surface area contributed by atoms with Crippen LogP contribution < -0.4 is 51.4 Å². The fourth-order valence-corrected chi connectivity index (χ4v) is 6.86. The van der Waals surface area contributed by atoms with E-state index in [-0.39, 0.29) is 75.8 Å². The first-order valence-corrected chi connectivity index (χ1v) is 10.1. The Kier molecular flexibility index (Phi) is 6.17. The van der Waals surface area contributed by atoms with Crippen LogP contribution in [-0.4, -0.2) is 16.9 Å². The minimum absolute atomic E-state index is 0. The normalized spacial score (nSPS) is 42.5. The summed E-state index contributed by atoms with van der Waals surface area (Å²) in [7, 11) is 0. The van der Waals surface area contributed by atoms with E-state index in [4.69, 9.17) is 5.11 Å². The number of carbonyl (C=O) groups is 2. The summed E-state index contributed by atoms with van der Waals surface area (Å²) in [4.78, 5) is 23.0. The molecule has 4 heteroatoms. The van der Waals surface area contributed by atoms with Crippen molar-refractivity contribution in [2.24, 2.45) is 34.5 Å². The van der Waals surface area contributed by atoms with Crippen LogP contribution in [-0.2, 0) is 9.59 Å². The molecule has 2 saturated carbocycles. The fraction of sp³-hybridized carbons (Fsp3) is 0.652. The number of hydrogen-bond acceptors (Lipinski definition) is 2. The standard InChI is InChI=1S/C23H30O3.K.H/c1-14-12-20-17-5-4-15-13-16(24)8-10-22(15,2)19(17)9-11-23(20,3)18(14)6-7-21(25)26;;/h4-5,13,17-20H,1,6-12H2,2-3H3,(H,25,26);;/q;+1;-1/t17-,18-,19+,20+,22+,23-;;/m1../s1. The monoisotopic (exact) mass is 394 g/mol. The largest absolute Gasteiger partial charge is 1.00 e. The quantitative estimate of drug-likeness (QED) is 0.589. The van der Waals surface area contributed by atoms with E-state index in [1.54, 1.807) is 0 Å². The second kappa shape index (κ2) is 7.68. The van der Waals surface area contributed by atoms with Crippen molar-refractivity contribution in [3.8, 4) is 0 Å². The Bertz CT molecular complexity index is 742. The Labute approximate surface area is 206 Å². The first-order chi connectivity index (χ1) is 12.3. The number of rotatable bonds is 3. The summed E-state index contributed by atoms with van der Waals surface area (Å²) in [6.07, 6.45) is 12.4. The van der Waals surface area contributed by atoms with Crippen LogP contribution in [0.1, 0.15) is 60.2 Å². The van der Waals surface area contributed by atoms with E-state index in [2.05, 4.69) is 32.6 Å². The number of hydrogen-bond donors (Lipinski definition) is 1. The van der Waals surface area contributed by atoms with Crippen LogP contribution in [0.4, 0.5) is 0 Å². The van der Waals surface area contributed by atoms with Gasteiger partial charge in [-0.15, -0.1) is 0 Å². The van der Waals surface area contributed by atoms with Crippen LogP contribution in [0.5, 0.6) is 0 Å². The van der Waals surface area contributed by atoms with Gasteiger partial charge in [-0.1, -0.05) is 38.2 Å². The zero-order valence-electron chi connectivity index (χ0n) is 18.0. The molecule has 6 atom stereocenters. The summed E-state index contributed by atoms with van der Waals surface area (Å²) < 4.78 is 0. The molecule has 0 radical (unpaired) electrons. The molecular weight excluding hydrogens is 363 g/mol. The number of allylic oxidation sites excluding steroid dienone is 5. The van der Waals surface area contributed by atoms with Gasteiger partial charge in [0.05, 0.1) is 0 Å². The first-order valence-electron chi connectivity index (χ1n) is 10.1. The molecule has 0 heterocycles. The van der Waals surface area contributed by atoms with Gasteiger partial charge in [0, 0.05) is 12.8 Å². The molecule has 142 valence electrons. The third-order valence-corrected chi connectivity index (χ3v) is 8.37. The Morgan fingerprint density at radius 3 is 2.78 bits per heavy atom. The number of aliphatic carboxylic acids is 1. The second-order valence-corrected chi connectivity index (χ2v) is 9.52. The molecule has 0 aromatic rings. The van der Waals surface area contributed by atoms with Crippen LogP contribution >= 0.6 is 0 Å². The molecule has 0 spiro atoms. The van der Waals surface area contributed by atoms with Crippen molar-refractivity contribution in [2.45, 2.75) is 58.8 Å². The van der Waals surface area contributed by atoms with Gasteiger partial charge in [0.15, 0.2) is 5.78 Å². The SMILES string of the molecule is C=C1C[C@H]2[C@@H]3C=CC4=CC(=O)CC[C@]4(C)[C@H]3CC[C@]2(C)[C@@H]1CCC(=O)O.[H-].[K+]. The average molecular weight is 395 g/mol. The molecule has 3 nitrogen and oxygen atoms in total. The molecule has 0 amide bonds. The average Bonchev–Trinajstić information content (AvgIpc) is 2.83. The maximum Gasteiger partial charge on any atom is 1.00 e. The molecule has 0 aromatic heterocycles. The Morgan fingerprint density at radius 1 is 1.33 bits per heavy atom. The van der Waals surface area contributed by atoms with E-state index in [9.17, 15) is 9.59 Å². The number of carboxylic acids is 1. The maximum atomic E-state index is 11.9. The van der Waals surface area contributed by atoms with Crippen molar-refractivity contribution in [2.75, 3.05) is 0 Å². The van der Waals surface area contributed by atoms with Crippen molar-refractivity contribution in [3.05, 3.63) is 36.0 Å². The summed E-state index contributed by atoms with van der Waals surface area (Å²) in [6.45, 7) is 9.10. The second-order valence-electron chi connectivity index (χ2n) is 9.52. The number of fused-ring (bicyclic) bond motifs is 5. The van der Waals surface area contributed by atoms with Gasteiger partial charge in [-0.3, -0.25) is 9.59 Å². The minimum Gasteiger partial charge on any atom is -1.00 e. The predicted molar refractivity (Wildman–Crippen MR) is 103 cm³/mol. The molecule has 4 rings (SSSR count). The van der Waals surface area contributed by atoms with E-state index in [0.717, 1.165) is 25.7 Å². The molecule has 0 saturated heterocycles. The zero-order valence-corrected chi connectivity index (χ0v) is 20.1. The van der Waals surface area contributed by atoms with E-state index in [0.29, 0.717) is 30.1 Å². The molecule has 0 aromatic carbocycles. The van der Waals surface area contributed by atoms with Crippen LogP contribution in [0.15, 0.2) is 36.0 Å². The topological polar surface area (TPSA) is 54.4 Å². The van der Waals surface area contributed by atoms with Gasteiger partial charge in [0.1, 0.15) is 0 Å². The van der Waals surface area contributed by atoms with E-state index in [1.807, 2.05) is 6.08 Å². The fourth-order valence-electron chi connectivity index (χ4n) is 6.86. The summed E-state index contributed by atoms with van der Waals surface area (Å²) in [5, 5.41) is 9.14. The molecule has 0 bridgehead atoms. The van der Waals surface area contributed by atoms with Crippen LogP contribution in [0.25, 0.3) is 0 Å². The van der Waals surface area contributed by atoms with Crippen molar-refractivity contribution < 1.29 is 67.5 Å². The number of carboxylic acid groups (broad SMARTS) is 1. The van der Waals surface area contributed by atoms with Crippen LogP contribution in [0.3, 0.4) is 0 Å². The summed E-state index contributed by atoms with van der Waals surface area (Å²) >= 11 is 0. The van der Waals surface area contributed by atoms with E-state index >= 15 is 0 Å². The Hall–Kier alpha value is -0.00364. The zero-order chi connectivity index (χ0) is 18.7. The van der Waals surface area contributed by atoms with Gasteiger partial charge >= 0.3 is 57.4 Å². The molecule has 0 aliphatic heterocycles. The number of carbonyl (C=O) groups excluding carboxylic acids is 1. The third-order valence-electron chi connectivity index (χ3n) is 8.37. The molecule has 4 aliphatic rings. The summed E-state index contributed by atoms with van der Waals surface area (Å²) in [6, 6.07) is 0. The smallest absolute Gasteiger partial charge is 1.00 e. The first kappa shape index (κ1) is 21.7. The minimum atomic E-state index is -0.703. The van der Waals surface area contributed by atoms with Crippen molar-refractivity contribution in [1.82, 2.24) is 0 Å². The molecule has 0 unspecified atom stereocenters. The van der Waals surface area contributed by atoms with Crippen LogP contribution in [0, 0.1) is 34.5 Å². The molecule has 4 aliphatic carbocycles. The molecule has 27 heavy (non-hydrogen) atoms. The molecule has 2 fully saturated rings. The van der Waals surface area contributed by atoms with Gasteiger partial charge in [-0.2, -0.15) is 0 Å². The van der Waals surface area contributed by atoms with Gasteiger partial charge in [0.25, 0.3) is 0 Å². The van der Waals surface area contributed by atoms with E-state index in [1.165, 1.54) is 17.6 Å². The molecule has 1 N–H and O–H groups in total. The predicted octanol–water partition coefficient (Wildman–Crippen LogP) is 2.06. The van der Waals surface area contributed by atoms with Crippen LogP contribution in [0.2, 0.25) is 0 Å². The van der Waals surface area contributed by atoms with E-state index < -0.39 is 5.97 Å². The van der Waals surface area contributed by atoms with Crippen molar-refractivity contribution in [1.29, 1.82) is 0 Å². The maximum absolute atomic E-state index is 11.9. The molecular formula is C23H31KO3.